The van der Waals surface area contributed by atoms with Crippen LogP contribution >= 0.6 is 11.6 Å². The Bertz CT molecular complexity index is 750. The number of benzene rings is 2. The standard InChI is InChI=1S/C13H12ClFN2O2S/c1-17(12-5-3-2-4-10(12)15)20(18,19)13-7-6-9(14)8-11(13)16/h2-8H,16H2,1H3. The first-order valence-corrected chi connectivity index (χ1v) is 7.44. The minimum atomic E-state index is -3.95. The molecule has 2 aromatic rings. The highest BCUT2D eigenvalue weighted by molar-refractivity contribution is 7.93. The molecule has 4 nitrogen and oxygen atoms in total. The van der Waals surface area contributed by atoms with Crippen molar-refractivity contribution in [1.29, 1.82) is 0 Å². The van der Waals surface area contributed by atoms with Crippen molar-refractivity contribution >= 4 is 33.0 Å². The number of hydrogen-bond acceptors (Lipinski definition) is 3. The van der Waals surface area contributed by atoms with Crippen molar-refractivity contribution in [3.05, 3.63) is 53.3 Å². The Kier molecular flexibility index (Phi) is 3.87. The lowest BCUT2D eigenvalue weighted by atomic mass is 10.3. The van der Waals surface area contributed by atoms with E-state index in [1.807, 2.05) is 0 Å². The van der Waals surface area contributed by atoms with Crippen molar-refractivity contribution in [2.45, 2.75) is 4.90 Å². The second-order valence-corrected chi connectivity index (χ2v) is 6.48. The molecule has 2 N–H and O–H groups in total. The first-order valence-electron chi connectivity index (χ1n) is 5.62. The minimum Gasteiger partial charge on any atom is -0.398 e. The molecule has 0 saturated heterocycles. The van der Waals surface area contributed by atoms with Crippen LogP contribution in [-0.4, -0.2) is 15.5 Å². The second-order valence-electron chi connectivity index (χ2n) is 4.11. The molecule has 0 aromatic heterocycles. The molecule has 0 aliphatic carbocycles. The molecule has 0 saturated carbocycles. The third-order valence-corrected chi connectivity index (χ3v) is 4.88. The van der Waals surface area contributed by atoms with Crippen LogP contribution in [0.2, 0.25) is 5.02 Å². The highest BCUT2D eigenvalue weighted by atomic mass is 35.5. The molecule has 0 atom stereocenters. The van der Waals surface area contributed by atoms with Crippen LogP contribution in [-0.2, 0) is 10.0 Å². The average Bonchev–Trinajstić information content (AvgIpc) is 2.38. The molecule has 0 radical (unpaired) electrons. The number of sulfonamides is 1. The molecule has 0 unspecified atom stereocenters. The number of para-hydroxylation sites is 1. The highest BCUT2D eigenvalue weighted by Gasteiger charge is 2.25. The maximum atomic E-state index is 13.7. The molecule has 0 spiro atoms. The highest BCUT2D eigenvalue weighted by Crippen LogP contribution is 2.29. The van der Waals surface area contributed by atoms with Crippen LogP contribution in [0.3, 0.4) is 0 Å². The van der Waals surface area contributed by atoms with Gasteiger partial charge in [0.15, 0.2) is 0 Å². The van der Waals surface area contributed by atoms with Crippen molar-refractivity contribution in [2.24, 2.45) is 0 Å². The summed E-state index contributed by atoms with van der Waals surface area (Å²) in [7, 11) is -2.69. The van der Waals surface area contributed by atoms with Gasteiger partial charge in [-0.15, -0.1) is 0 Å². The number of nitrogens with zero attached hydrogens (tertiary/aromatic N) is 1. The molecule has 0 amide bonds. The van der Waals surface area contributed by atoms with Crippen LogP contribution in [0.1, 0.15) is 0 Å². The van der Waals surface area contributed by atoms with Gasteiger partial charge in [-0.05, 0) is 30.3 Å². The largest absolute Gasteiger partial charge is 0.398 e. The van der Waals surface area contributed by atoms with Gasteiger partial charge in [0, 0.05) is 12.1 Å². The third kappa shape index (κ3) is 2.57. The van der Waals surface area contributed by atoms with Gasteiger partial charge in [-0.2, -0.15) is 0 Å². The van der Waals surface area contributed by atoms with Crippen molar-refractivity contribution in [2.75, 3.05) is 17.1 Å². The number of halogens is 2. The zero-order valence-electron chi connectivity index (χ0n) is 10.5. The Morgan fingerprint density at radius 1 is 1.20 bits per heavy atom. The van der Waals surface area contributed by atoms with E-state index in [0.29, 0.717) is 5.02 Å². The number of hydrogen-bond donors (Lipinski definition) is 1. The van der Waals surface area contributed by atoms with Crippen LogP contribution in [0.5, 0.6) is 0 Å². The maximum Gasteiger partial charge on any atom is 0.266 e. The van der Waals surface area contributed by atoms with Crippen LogP contribution in [0, 0.1) is 5.82 Å². The lowest BCUT2D eigenvalue weighted by Crippen LogP contribution is -2.28. The summed E-state index contributed by atoms with van der Waals surface area (Å²) in [5, 5.41) is 0.329. The van der Waals surface area contributed by atoms with Gasteiger partial charge < -0.3 is 5.73 Å². The summed E-state index contributed by atoms with van der Waals surface area (Å²) in [6.45, 7) is 0. The summed E-state index contributed by atoms with van der Waals surface area (Å²) in [5.41, 5.74) is 5.64. The van der Waals surface area contributed by atoms with E-state index in [-0.39, 0.29) is 16.3 Å². The summed E-state index contributed by atoms with van der Waals surface area (Å²) in [6.07, 6.45) is 0. The zero-order chi connectivity index (χ0) is 14.9. The minimum absolute atomic E-state index is 0.0145. The van der Waals surface area contributed by atoms with Gasteiger partial charge in [0.1, 0.15) is 10.7 Å². The van der Waals surface area contributed by atoms with Crippen LogP contribution in [0.4, 0.5) is 15.8 Å². The van der Waals surface area contributed by atoms with E-state index >= 15 is 0 Å². The second kappa shape index (κ2) is 5.30. The number of anilines is 2. The van der Waals surface area contributed by atoms with Crippen molar-refractivity contribution in [1.82, 2.24) is 0 Å². The fraction of sp³-hybridized carbons (Fsp3) is 0.0769. The smallest absolute Gasteiger partial charge is 0.266 e. The molecule has 0 aliphatic heterocycles. The van der Waals surface area contributed by atoms with E-state index in [4.69, 9.17) is 17.3 Å². The van der Waals surface area contributed by atoms with Crippen molar-refractivity contribution in [3.63, 3.8) is 0 Å². The Morgan fingerprint density at radius 2 is 1.85 bits per heavy atom. The molecule has 0 aliphatic rings. The topological polar surface area (TPSA) is 63.4 Å². The molecule has 0 fully saturated rings. The molecule has 7 heteroatoms. The summed E-state index contributed by atoms with van der Waals surface area (Å²) in [6, 6.07) is 9.64. The Balaban J connectivity index is 2.53. The summed E-state index contributed by atoms with van der Waals surface area (Å²) >= 11 is 5.74. The fourth-order valence-corrected chi connectivity index (χ4v) is 3.22. The average molecular weight is 315 g/mol. The van der Waals surface area contributed by atoms with Crippen LogP contribution in [0.25, 0.3) is 0 Å². The summed E-state index contributed by atoms with van der Waals surface area (Å²) in [5.74, 6) is -0.633. The number of rotatable bonds is 3. The first kappa shape index (κ1) is 14.6. The monoisotopic (exact) mass is 314 g/mol. The Hall–Kier alpha value is -1.79. The lowest BCUT2D eigenvalue weighted by molar-refractivity contribution is 0.590. The van der Waals surface area contributed by atoms with E-state index < -0.39 is 15.8 Å². The molecule has 0 bridgehead atoms. The SMILES string of the molecule is CN(c1ccccc1F)S(=O)(=O)c1ccc(Cl)cc1N. The zero-order valence-corrected chi connectivity index (χ0v) is 12.1. The van der Waals surface area contributed by atoms with Gasteiger partial charge >= 0.3 is 0 Å². The quantitative estimate of drug-likeness (QED) is 0.886. The van der Waals surface area contributed by atoms with Crippen molar-refractivity contribution in [3.8, 4) is 0 Å². The predicted molar refractivity (Wildman–Crippen MR) is 77.9 cm³/mol. The lowest BCUT2D eigenvalue weighted by Gasteiger charge is -2.20. The molecule has 2 aromatic carbocycles. The number of nitrogens with two attached hydrogens (primary N) is 1. The molecular formula is C13H12ClFN2O2S. The van der Waals surface area contributed by atoms with Crippen LogP contribution < -0.4 is 10.0 Å². The molecule has 2 rings (SSSR count). The van der Waals surface area contributed by atoms with Gasteiger partial charge in [0.05, 0.1) is 11.4 Å². The number of nitrogen functional groups attached to an aromatic ring is 1. The van der Waals surface area contributed by atoms with Crippen molar-refractivity contribution < 1.29 is 12.8 Å². The van der Waals surface area contributed by atoms with Crippen LogP contribution in [0.15, 0.2) is 47.4 Å². The Labute approximate surface area is 121 Å². The van der Waals surface area contributed by atoms with E-state index in [0.717, 1.165) is 4.31 Å². The molecular weight excluding hydrogens is 303 g/mol. The maximum absolute atomic E-state index is 13.7. The fourth-order valence-electron chi connectivity index (χ4n) is 1.74. The predicted octanol–water partition coefficient (Wildman–Crippen LogP) is 2.89. The molecule has 20 heavy (non-hydrogen) atoms. The van der Waals surface area contributed by atoms with E-state index in [9.17, 15) is 12.8 Å². The molecule has 106 valence electrons. The van der Waals surface area contributed by atoms with Gasteiger partial charge in [-0.1, -0.05) is 23.7 Å². The van der Waals surface area contributed by atoms with Gasteiger partial charge in [-0.3, -0.25) is 4.31 Å². The van der Waals surface area contributed by atoms with E-state index in [2.05, 4.69) is 0 Å². The third-order valence-electron chi connectivity index (χ3n) is 2.80. The normalized spacial score (nSPS) is 11.3. The first-order chi connectivity index (χ1) is 9.34. The van der Waals surface area contributed by atoms with E-state index in [1.54, 1.807) is 6.07 Å². The van der Waals surface area contributed by atoms with Gasteiger partial charge in [-0.25, -0.2) is 12.8 Å². The molecule has 0 heterocycles. The van der Waals surface area contributed by atoms with Gasteiger partial charge in [0.2, 0.25) is 0 Å². The Morgan fingerprint density at radius 3 is 2.45 bits per heavy atom. The summed E-state index contributed by atoms with van der Waals surface area (Å²) < 4.78 is 39.4. The summed E-state index contributed by atoms with van der Waals surface area (Å²) in [4.78, 5) is -0.118. The van der Waals surface area contributed by atoms with Gasteiger partial charge in [0.25, 0.3) is 10.0 Å². The van der Waals surface area contributed by atoms with E-state index in [1.165, 1.54) is 43.4 Å².